The van der Waals surface area contributed by atoms with Crippen molar-refractivity contribution in [1.82, 2.24) is 0 Å². The molecule has 23 heavy (non-hydrogen) atoms. The van der Waals surface area contributed by atoms with Crippen LogP contribution in [-0.4, -0.2) is 14.0 Å². The lowest BCUT2D eigenvalue weighted by Gasteiger charge is -2.32. The molecule has 1 aliphatic carbocycles. The largest absolute Gasteiger partial charge is 0.494 e. The maximum Gasteiger partial charge on any atom is 0.237 e. The minimum atomic E-state index is -1.47. The molecule has 0 aromatic heterocycles. The van der Waals surface area contributed by atoms with Gasteiger partial charge in [0.25, 0.3) is 0 Å². The molecule has 1 unspecified atom stereocenters. The van der Waals surface area contributed by atoms with Crippen molar-refractivity contribution in [2.45, 2.75) is 64.3 Å². The molecule has 1 aromatic carbocycles. The van der Waals surface area contributed by atoms with E-state index in [1.807, 2.05) is 0 Å². The predicted molar refractivity (Wildman–Crippen MR) is 104 cm³/mol. The monoisotopic (exact) mass is 372 g/mol. The molecule has 0 N–H and O–H groups in total. The molecule has 0 amide bonds. The number of ether oxygens (including phenoxy) is 1. The van der Waals surface area contributed by atoms with Gasteiger partial charge in [-0.15, -0.1) is 0 Å². The summed E-state index contributed by atoms with van der Waals surface area (Å²) >= 11 is 11.7. The number of halogens is 2. The highest BCUT2D eigenvalue weighted by molar-refractivity contribution is 7.33. The summed E-state index contributed by atoms with van der Waals surface area (Å²) in [6.07, 6.45) is 7.72. The number of hydrogen-bond acceptors (Lipinski definition) is 1. The Kier molecular flexibility index (Phi) is 8.29. The van der Waals surface area contributed by atoms with Crippen LogP contribution < -0.4 is 4.74 Å². The molecule has 2 rings (SSSR count). The topological polar surface area (TPSA) is 9.23 Å². The Morgan fingerprint density at radius 3 is 2.35 bits per heavy atom. The van der Waals surface area contributed by atoms with Crippen LogP contribution in [0.2, 0.25) is 6.04 Å². The molecule has 1 fully saturated rings. The summed E-state index contributed by atoms with van der Waals surface area (Å²) in [6.45, 7) is 5.44. The summed E-state index contributed by atoms with van der Waals surface area (Å²) in [5.74, 6) is 3.53. The van der Waals surface area contributed by atoms with E-state index in [9.17, 15) is 0 Å². The van der Waals surface area contributed by atoms with Crippen molar-refractivity contribution in [3.05, 3.63) is 29.8 Å². The molecule has 0 radical (unpaired) electrons. The zero-order valence-corrected chi connectivity index (χ0v) is 17.1. The summed E-state index contributed by atoms with van der Waals surface area (Å²) in [5.41, 5.74) is 1.48. The average Bonchev–Trinajstić information content (AvgIpc) is 2.58. The second kappa shape index (κ2) is 9.96. The van der Waals surface area contributed by atoms with Crippen LogP contribution in [0.15, 0.2) is 24.3 Å². The molecule has 4 heteroatoms. The Morgan fingerprint density at radius 2 is 1.78 bits per heavy atom. The predicted octanol–water partition coefficient (Wildman–Crippen LogP) is 6.47. The first-order chi connectivity index (χ1) is 11.1. The zero-order valence-electron chi connectivity index (χ0n) is 14.4. The molecule has 0 aliphatic heterocycles. The fraction of sp³-hybridized carbons (Fsp3) is 0.684. The van der Waals surface area contributed by atoms with Crippen LogP contribution in [-0.2, 0) is 0 Å². The molecular weight excluding hydrogens is 343 g/mol. The van der Waals surface area contributed by atoms with Gasteiger partial charge in [-0.3, -0.25) is 0 Å². The highest BCUT2D eigenvalue weighted by atomic mass is 35.7. The molecule has 1 saturated carbocycles. The van der Waals surface area contributed by atoms with E-state index in [-0.39, 0.29) is 0 Å². The second-order valence-electron chi connectivity index (χ2n) is 6.95. The standard InChI is InChI=1S/C19H30Cl2OSi/c1-3-15(2)16-5-7-17(8-6-16)18-9-11-19(12-10-18)22-13-4-14-23(20)21/h9-12,15-17,23H,3-8,13-14H2,1-2H3. The van der Waals surface area contributed by atoms with E-state index >= 15 is 0 Å². The Labute approximate surface area is 152 Å². The van der Waals surface area contributed by atoms with Crippen molar-refractivity contribution in [2.75, 3.05) is 6.61 Å². The van der Waals surface area contributed by atoms with Gasteiger partial charge in [-0.05, 0) is 73.6 Å². The van der Waals surface area contributed by atoms with Crippen LogP contribution in [0.4, 0.5) is 0 Å². The lowest BCUT2D eigenvalue weighted by Crippen LogP contribution is -2.18. The van der Waals surface area contributed by atoms with Crippen LogP contribution >= 0.6 is 22.2 Å². The van der Waals surface area contributed by atoms with Crippen LogP contribution in [0.1, 0.15) is 63.9 Å². The normalized spacial score (nSPS) is 23.0. The van der Waals surface area contributed by atoms with Crippen molar-refractivity contribution in [3.8, 4) is 5.75 Å². The first-order valence-corrected chi connectivity index (χ1v) is 13.4. The van der Waals surface area contributed by atoms with Crippen molar-refractivity contribution in [2.24, 2.45) is 11.8 Å². The first kappa shape index (κ1) is 19.1. The van der Waals surface area contributed by atoms with E-state index < -0.39 is 7.42 Å². The van der Waals surface area contributed by atoms with Gasteiger partial charge in [0.15, 0.2) is 0 Å². The van der Waals surface area contributed by atoms with Gasteiger partial charge in [-0.2, -0.15) is 22.2 Å². The SMILES string of the molecule is CCC(C)C1CCC(c2ccc(OCCC[SiH](Cl)Cl)cc2)CC1. The number of hydrogen-bond donors (Lipinski definition) is 0. The van der Waals surface area contributed by atoms with E-state index in [2.05, 4.69) is 38.1 Å². The van der Waals surface area contributed by atoms with Gasteiger partial charge in [0.1, 0.15) is 5.75 Å². The van der Waals surface area contributed by atoms with E-state index in [1.54, 1.807) is 0 Å². The minimum Gasteiger partial charge on any atom is -0.494 e. The Morgan fingerprint density at radius 1 is 1.13 bits per heavy atom. The molecule has 1 aliphatic rings. The maximum absolute atomic E-state index is 5.85. The van der Waals surface area contributed by atoms with Crippen molar-refractivity contribution >= 4 is 29.6 Å². The molecule has 1 nitrogen and oxygen atoms in total. The number of rotatable bonds is 8. The summed E-state index contributed by atoms with van der Waals surface area (Å²) in [5, 5.41) is 0. The van der Waals surface area contributed by atoms with Crippen molar-refractivity contribution in [3.63, 3.8) is 0 Å². The lowest BCUT2D eigenvalue weighted by molar-refractivity contribution is 0.240. The third kappa shape index (κ3) is 6.32. The van der Waals surface area contributed by atoms with Crippen LogP contribution in [0.3, 0.4) is 0 Å². The van der Waals surface area contributed by atoms with Gasteiger partial charge in [0.2, 0.25) is 7.42 Å². The average molecular weight is 373 g/mol. The second-order valence-corrected chi connectivity index (χ2v) is 12.1. The molecule has 1 aromatic rings. The molecule has 130 valence electrons. The van der Waals surface area contributed by atoms with Gasteiger partial charge in [-0.25, -0.2) is 0 Å². The van der Waals surface area contributed by atoms with Gasteiger partial charge < -0.3 is 4.74 Å². The first-order valence-electron chi connectivity index (χ1n) is 9.11. The van der Waals surface area contributed by atoms with Crippen molar-refractivity contribution < 1.29 is 4.74 Å². The van der Waals surface area contributed by atoms with Crippen LogP contribution in [0.5, 0.6) is 5.75 Å². The quantitative estimate of drug-likeness (QED) is 0.288. The van der Waals surface area contributed by atoms with Crippen molar-refractivity contribution in [1.29, 1.82) is 0 Å². The molecule has 0 heterocycles. The highest BCUT2D eigenvalue weighted by Crippen LogP contribution is 2.39. The molecular formula is C19H30Cl2OSi. The molecule has 0 bridgehead atoms. The minimum absolute atomic E-state index is 0.711. The fourth-order valence-corrected chi connectivity index (χ4v) is 5.02. The van der Waals surface area contributed by atoms with Crippen LogP contribution in [0.25, 0.3) is 0 Å². The molecule has 0 spiro atoms. The summed E-state index contributed by atoms with van der Waals surface area (Å²) < 4.78 is 5.77. The van der Waals surface area contributed by atoms with E-state index in [4.69, 9.17) is 26.9 Å². The third-order valence-corrected chi connectivity index (χ3v) is 7.56. The van der Waals surface area contributed by atoms with E-state index in [1.165, 1.54) is 37.7 Å². The lowest BCUT2D eigenvalue weighted by atomic mass is 9.74. The Hall–Kier alpha value is -0.183. The number of benzene rings is 1. The zero-order chi connectivity index (χ0) is 16.7. The van der Waals surface area contributed by atoms with Gasteiger partial charge in [0, 0.05) is 0 Å². The Balaban J connectivity index is 1.77. The maximum atomic E-state index is 5.85. The van der Waals surface area contributed by atoms with Gasteiger partial charge in [-0.1, -0.05) is 32.4 Å². The Bertz CT molecular complexity index is 441. The highest BCUT2D eigenvalue weighted by Gasteiger charge is 2.25. The summed E-state index contributed by atoms with van der Waals surface area (Å²) in [4.78, 5) is 0. The van der Waals surface area contributed by atoms with E-state index in [0.717, 1.165) is 36.0 Å². The fourth-order valence-electron chi connectivity index (χ4n) is 3.62. The summed E-state index contributed by atoms with van der Waals surface area (Å²) in [7, 11) is -1.47. The molecule has 0 saturated heterocycles. The van der Waals surface area contributed by atoms with E-state index in [0.29, 0.717) is 6.61 Å². The third-order valence-electron chi connectivity index (χ3n) is 5.41. The smallest absolute Gasteiger partial charge is 0.237 e. The van der Waals surface area contributed by atoms with Gasteiger partial charge >= 0.3 is 0 Å². The van der Waals surface area contributed by atoms with Crippen LogP contribution in [0, 0.1) is 11.8 Å². The summed E-state index contributed by atoms with van der Waals surface area (Å²) in [6, 6.07) is 9.66. The molecule has 1 atom stereocenters. The van der Waals surface area contributed by atoms with Gasteiger partial charge in [0.05, 0.1) is 6.61 Å².